The quantitative estimate of drug-likeness (QED) is 0.291. The zero-order chi connectivity index (χ0) is 21.7. The number of aliphatic hydroxyl groups excluding tert-OH is 1. The van der Waals surface area contributed by atoms with Gasteiger partial charge in [0.05, 0.1) is 21.3 Å². The summed E-state index contributed by atoms with van der Waals surface area (Å²) in [4.78, 5) is 24.2. The van der Waals surface area contributed by atoms with Gasteiger partial charge in [-0.2, -0.15) is 9.13 Å². The average molecular weight is 409 g/mol. The first-order chi connectivity index (χ1) is 14.5. The first-order valence-electron chi connectivity index (χ1n) is 8.94. The first-order valence-corrected chi connectivity index (χ1v) is 8.94. The highest BCUT2D eigenvalue weighted by molar-refractivity contribution is 6.12. The Labute approximate surface area is 173 Å². The summed E-state index contributed by atoms with van der Waals surface area (Å²) in [5.41, 5.74) is 1.97. The standard InChI is InChI=1S/C22H20N2O6/c1-28-17-11-9-16(10-12-17)24-14-23(13-18(24)15-7-5-4-6-8-15)19(21(26)29-2)20(25)22(27)30-3/h4-14H,1-3H3/p+1. The number of benzene rings is 2. The minimum absolute atomic E-state index is 0.367. The lowest BCUT2D eigenvalue weighted by Gasteiger charge is -2.04. The molecule has 0 saturated heterocycles. The molecule has 3 aromatic rings. The molecule has 0 fully saturated rings. The van der Waals surface area contributed by atoms with E-state index in [2.05, 4.69) is 4.74 Å². The Morgan fingerprint density at radius 1 is 0.900 bits per heavy atom. The smallest absolute Gasteiger partial charge is 0.382 e. The van der Waals surface area contributed by atoms with Crippen LogP contribution in [0, 0.1) is 0 Å². The fraction of sp³-hybridized carbons (Fsp3) is 0.136. The molecular formula is C22H21N2O6+. The summed E-state index contributed by atoms with van der Waals surface area (Å²) in [6.45, 7) is 0. The second-order valence-corrected chi connectivity index (χ2v) is 6.15. The maximum absolute atomic E-state index is 12.4. The van der Waals surface area contributed by atoms with Crippen LogP contribution in [0.25, 0.3) is 22.6 Å². The lowest BCUT2D eigenvalue weighted by Crippen LogP contribution is -2.37. The summed E-state index contributed by atoms with van der Waals surface area (Å²) in [5, 5.41) is 10.3. The average Bonchev–Trinajstić information content (AvgIpc) is 3.23. The number of imidazole rings is 1. The number of aliphatic hydroxyl groups is 1. The monoisotopic (exact) mass is 409 g/mol. The largest absolute Gasteiger partial charge is 0.499 e. The van der Waals surface area contributed by atoms with Crippen LogP contribution >= 0.6 is 0 Å². The second kappa shape index (κ2) is 8.95. The van der Waals surface area contributed by atoms with Crippen molar-refractivity contribution < 1.29 is 33.5 Å². The Kier molecular flexibility index (Phi) is 6.17. The highest BCUT2D eigenvalue weighted by Gasteiger charge is 2.31. The van der Waals surface area contributed by atoms with Gasteiger partial charge in [-0.05, 0) is 24.3 Å². The Hall–Kier alpha value is -4.07. The Morgan fingerprint density at radius 2 is 1.53 bits per heavy atom. The maximum atomic E-state index is 12.4. The summed E-state index contributed by atoms with van der Waals surface area (Å²) >= 11 is 0. The number of hydrogen-bond acceptors (Lipinski definition) is 6. The molecule has 0 unspecified atom stereocenters. The third-order valence-corrected chi connectivity index (χ3v) is 4.42. The molecule has 30 heavy (non-hydrogen) atoms. The Morgan fingerprint density at radius 3 is 2.10 bits per heavy atom. The van der Waals surface area contributed by atoms with Crippen LogP contribution in [0.4, 0.5) is 0 Å². The molecule has 0 aliphatic carbocycles. The Balaban J connectivity index is 2.24. The normalized spacial score (nSPS) is 11.4. The van der Waals surface area contributed by atoms with E-state index >= 15 is 0 Å². The summed E-state index contributed by atoms with van der Waals surface area (Å²) in [6, 6.07) is 16.8. The van der Waals surface area contributed by atoms with Crippen molar-refractivity contribution in [3.63, 3.8) is 0 Å². The zero-order valence-corrected chi connectivity index (χ0v) is 16.7. The van der Waals surface area contributed by atoms with Crippen molar-refractivity contribution in [1.29, 1.82) is 0 Å². The number of methoxy groups -OCH3 is 3. The molecular weight excluding hydrogens is 388 g/mol. The number of nitrogens with zero attached hydrogens (tertiary/aromatic N) is 2. The van der Waals surface area contributed by atoms with E-state index in [4.69, 9.17) is 9.47 Å². The summed E-state index contributed by atoms with van der Waals surface area (Å²) in [5.74, 6) is -2.12. The van der Waals surface area contributed by atoms with Gasteiger partial charge in [0.2, 0.25) is 0 Å². The van der Waals surface area contributed by atoms with Crippen LogP contribution < -0.4 is 9.30 Å². The summed E-state index contributed by atoms with van der Waals surface area (Å²) < 4.78 is 17.7. The molecule has 0 saturated carbocycles. The van der Waals surface area contributed by atoms with E-state index in [-0.39, 0.29) is 5.70 Å². The molecule has 0 amide bonds. The van der Waals surface area contributed by atoms with Crippen LogP contribution in [0.3, 0.4) is 0 Å². The van der Waals surface area contributed by atoms with Gasteiger partial charge in [-0.3, -0.25) is 0 Å². The van der Waals surface area contributed by atoms with E-state index in [0.717, 1.165) is 25.5 Å². The van der Waals surface area contributed by atoms with Gasteiger partial charge in [-0.15, -0.1) is 0 Å². The van der Waals surface area contributed by atoms with Gasteiger partial charge in [0, 0.05) is 5.56 Å². The Bertz CT molecular complexity index is 1080. The minimum atomic E-state index is -1.05. The van der Waals surface area contributed by atoms with E-state index in [1.54, 1.807) is 31.8 Å². The fourth-order valence-electron chi connectivity index (χ4n) is 2.92. The lowest BCUT2D eigenvalue weighted by molar-refractivity contribution is -0.578. The van der Waals surface area contributed by atoms with Crippen LogP contribution in [0.2, 0.25) is 0 Å². The predicted octanol–water partition coefficient (Wildman–Crippen LogP) is 2.51. The highest BCUT2D eigenvalue weighted by atomic mass is 16.5. The molecule has 0 aliphatic rings. The molecule has 1 N–H and O–H groups in total. The van der Waals surface area contributed by atoms with Gasteiger partial charge < -0.3 is 19.3 Å². The molecule has 8 heteroatoms. The molecule has 0 atom stereocenters. The van der Waals surface area contributed by atoms with Gasteiger partial charge >= 0.3 is 11.9 Å². The SMILES string of the molecule is COC(=O)/C(O)=C(\C(=O)OC)[n+]1cc(-c2ccccc2)n(-c2ccc(OC)cc2)c1. The van der Waals surface area contributed by atoms with Crippen LogP contribution in [0.1, 0.15) is 0 Å². The maximum Gasteiger partial charge on any atom is 0.382 e. The molecule has 3 rings (SSSR count). The topological polar surface area (TPSA) is 90.9 Å². The van der Waals surface area contributed by atoms with Crippen molar-refractivity contribution >= 4 is 17.6 Å². The minimum Gasteiger partial charge on any atom is -0.499 e. The number of ether oxygens (including phenoxy) is 3. The van der Waals surface area contributed by atoms with Gasteiger partial charge in [-0.25, -0.2) is 9.59 Å². The molecule has 154 valence electrons. The van der Waals surface area contributed by atoms with Crippen molar-refractivity contribution in [3.05, 3.63) is 72.9 Å². The summed E-state index contributed by atoms with van der Waals surface area (Å²) in [7, 11) is 3.85. The van der Waals surface area contributed by atoms with E-state index < -0.39 is 17.7 Å². The van der Waals surface area contributed by atoms with Gasteiger partial charge in [0.25, 0.3) is 17.8 Å². The van der Waals surface area contributed by atoms with Crippen molar-refractivity contribution in [2.45, 2.75) is 0 Å². The van der Waals surface area contributed by atoms with Crippen LogP contribution in [-0.4, -0.2) is 42.9 Å². The van der Waals surface area contributed by atoms with Crippen molar-refractivity contribution in [1.82, 2.24) is 4.57 Å². The van der Waals surface area contributed by atoms with Crippen molar-refractivity contribution in [3.8, 4) is 22.7 Å². The van der Waals surface area contributed by atoms with E-state index in [0.29, 0.717) is 11.4 Å². The van der Waals surface area contributed by atoms with Gasteiger partial charge in [0.1, 0.15) is 17.6 Å². The number of carbonyl (C=O) groups excluding carboxylic acids is 2. The third-order valence-electron chi connectivity index (χ3n) is 4.42. The van der Waals surface area contributed by atoms with E-state index in [9.17, 15) is 14.7 Å². The number of esters is 2. The fourth-order valence-corrected chi connectivity index (χ4v) is 2.92. The first kappa shape index (κ1) is 20.7. The van der Waals surface area contributed by atoms with E-state index in [1.165, 1.54) is 4.57 Å². The lowest BCUT2D eigenvalue weighted by atomic mass is 10.1. The molecule has 0 bridgehead atoms. The van der Waals surface area contributed by atoms with Gasteiger partial charge in [-0.1, -0.05) is 30.3 Å². The molecule has 0 radical (unpaired) electrons. The van der Waals surface area contributed by atoms with Crippen molar-refractivity contribution in [2.24, 2.45) is 0 Å². The van der Waals surface area contributed by atoms with Crippen molar-refractivity contribution in [2.75, 3.05) is 21.3 Å². The molecule has 2 aromatic carbocycles. The third kappa shape index (κ3) is 4.02. The predicted molar refractivity (Wildman–Crippen MR) is 108 cm³/mol. The highest BCUT2D eigenvalue weighted by Crippen LogP contribution is 2.24. The number of aromatic nitrogens is 2. The molecule has 0 spiro atoms. The summed E-state index contributed by atoms with van der Waals surface area (Å²) in [6.07, 6.45) is 3.18. The second-order valence-electron chi connectivity index (χ2n) is 6.15. The van der Waals surface area contributed by atoms with Crippen LogP contribution in [0.15, 0.2) is 72.9 Å². The molecule has 1 aromatic heterocycles. The van der Waals surface area contributed by atoms with E-state index in [1.807, 2.05) is 47.0 Å². The molecule has 1 heterocycles. The molecule has 8 nitrogen and oxygen atoms in total. The number of carbonyl (C=O) groups is 2. The van der Waals surface area contributed by atoms with Crippen LogP contribution in [0.5, 0.6) is 5.75 Å². The zero-order valence-electron chi connectivity index (χ0n) is 16.7. The molecule has 0 aliphatic heterocycles. The number of rotatable bonds is 6. The van der Waals surface area contributed by atoms with Crippen LogP contribution in [-0.2, 0) is 19.1 Å². The van der Waals surface area contributed by atoms with Gasteiger partial charge in [0.15, 0.2) is 5.69 Å². The number of hydrogen-bond donors (Lipinski definition) is 1.